The Kier molecular flexibility index (Phi) is 21.3. The third-order valence-electron chi connectivity index (χ3n) is 7.70. The Balaban J connectivity index is 1.86. The number of rotatable bonds is 25. The molecule has 0 bridgehead atoms. The molecule has 0 aromatic carbocycles. The molecular formula is C31H62N2. The maximum absolute atomic E-state index is 2.56. The van der Waals surface area contributed by atoms with E-state index in [1.54, 1.807) is 0 Å². The second kappa shape index (κ2) is 23.1. The smallest absolute Gasteiger partial charge is 0.0977 e. The molecule has 0 aliphatic carbocycles. The molecule has 1 atom stereocenters. The Morgan fingerprint density at radius 2 is 0.636 bits per heavy atom. The van der Waals surface area contributed by atoms with E-state index in [9.17, 15) is 0 Å². The Labute approximate surface area is 210 Å². The lowest BCUT2D eigenvalue weighted by Crippen LogP contribution is -2.36. The first-order valence-electron chi connectivity index (χ1n) is 15.5. The van der Waals surface area contributed by atoms with Crippen LogP contribution in [0.1, 0.15) is 168 Å². The molecule has 2 heteroatoms. The van der Waals surface area contributed by atoms with E-state index in [0.717, 1.165) is 0 Å². The minimum atomic E-state index is 0.570. The summed E-state index contributed by atoms with van der Waals surface area (Å²) in [5.41, 5.74) is 0. The van der Waals surface area contributed by atoms with E-state index >= 15 is 0 Å². The summed E-state index contributed by atoms with van der Waals surface area (Å²) in [4.78, 5) is 5.13. The van der Waals surface area contributed by atoms with Crippen LogP contribution in [-0.4, -0.2) is 29.1 Å². The lowest BCUT2D eigenvalue weighted by molar-refractivity contribution is 0.165. The number of hydrogen-bond acceptors (Lipinski definition) is 2. The summed E-state index contributed by atoms with van der Waals surface area (Å²) in [5.74, 6) is 0. The van der Waals surface area contributed by atoms with Crippen molar-refractivity contribution in [2.45, 2.75) is 175 Å². The molecule has 0 amide bonds. The summed E-state index contributed by atoms with van der Waals surface area (Å²) in [6, 6.07) is 0. The van der Waals surface area contributed by atoms with Gasteiger partial charge in [-0.05, 0) is 19.8 Å². The van der Waals surface area contributed by atoms with Crippen LogP contribution in [0.4, 0.5) is 0 Å². The van der Waals surface area contributed by atoms with Gasteiger partial charge in [0.1, 0.15) is 0 Å². The van der Waals surface area contributed by atoms with Crippen molar-refractivity contribution < 1.29 is 0 Å². The lowest BCUT2D eigenvalue weighted by Gasteiger charge is -2.30. The zero-order valence-electron chi connectivity index (χ0n) is 23.3. The molecule has 0 radical (unpaired) electrons. The van der Waals surface area contributed by atoms with Crippen LogP contribution in [0.15, 0.2) is 12.4 Å². The van der Waals surface area contributed by atoms with Crippen LogP contribution in [-0.2, 0) is 0 Å². The summed E-state index contributed by atoms with van der Waals surface area (Å²) in [5, 5.41) is 0. The van der Waals surface area contributed by atoms with Crippen LogP contribution in [0.2, 0.25) is 0 Å². The van der Waals surface area contributed by atoms with Crippen molar-refractivity contribution in [3.63, 3.8) is 0 Å². The van der Waals surface area contributed by atoms with E-state index in [1.165, 1.54) is 161 Å². The standard InChI is InChI=1S/C31H62N2/c1-4-6-8-10-12-14-16-18-20-22-24-26-28-33-30-29-32(31(33)3)27-25-23-21-19-17-15-13-11-9-7-5-2/h29-31H,4-28H2,1-3H3. The topological polar surface area (TPSA) is 6.48 Å². The third-order valence-corrected chi connectivity index (χ3v) is 7.70. The molecule has 1 unspecified atom stereocenters. The molecule has 1 aliphatic heterocycles. The summed E-state index contributed by atoms with van der Waals surface area (Å²) in [7, 11) is 0. The average Bonchev–Trinajstić information content (AvgIpc) is 3.17. The van der Waals surface area contributed by atoms with Crippen molar-refractivity contribution in [3.8, 4) is 0 Å². The second-order valence-corrected chi connectivity index (χ2v) is 10.8. The van der Waals surface area contributed by atoms with Gasteiger partial charge in [-0.1, -0.05) is 149 Å². The zero-order valence-corrected chi connectivity index (χ0v) is 23.3. The van der Waals surface area contributed by atoms with E-state index in [2.05, 4.69) is 43.0 Å². The molecule has 196 valence electrons. The fourth-order valence-corrected chi connectivity index (χ4v) is 5.23. The molecule has 1 aliphatic rings. The second-order valence-electron chi connectivity index (χ2n) is 10.8. The summed E-state index contributed by atoms with van der Waals surface area (Å²) >= 11 is 0. The van der Waals surface area contributed by atoms with Crippen molar-refractivity contribution in [2.75, 3.05) is 13.1 Å². The average molecular weight is 463 g/mol. The molecule has 0 fully saturated rings. The Bertz CT molecular complexity index is 419. The molecule has 0 saturated heterocycles. The van der Waals surface area contributed by atoms with Gasteiger partial charge >= 0.3 is 0 Å². The highest BCUT2D eigenvalue weighted by Crippen LogP contribution is 2.19. The zero-order chi connectivity index (χ0) is 23.8. The molecule has 0 spiro atoms. The molecule has 0 saturated carbocycles. The normalized spacial score (nSPS) is 15.8. The molecule has 2 nitrogen and oxygen atoms in total. The molecule has 0 N–H and O–H groups in total. The monoisotopic (exact) mass is 462 g/mol. The van der Waals surface area contributed by atoms with Gasteiger partial charge in [0.15, 0.2) is 0 Å². The third kappa shape index (κ3) is 17.4. The van der Waals surface area contributed by atoms with Gasteiger partial charge in [-0.15, -0.1) is 0 Å². The largest absolute Gasteiger partial charge is 0.356 e. The number of unbranched alkanes of at least 4 members (excludes halogenated alkanes) is 21. The van der Waals surface area contributed by atoms with Gasteiger partial charge in [0.05, 0.1) is 6.17 Å². The van der Waals surface area contributed by atoms with Gasteiger partial charge in [0.2, 0.25) is 0 Å². The van der Waals surface area contributed by atoms with Gasteiger partial charge in [-0.25, -0.2) is 0 Å². The predicted molar refractivity (Wildman–Crippen MR) is 150 cm³/mol. The first-order chi connectivity index (χ1) is 16.3. The Morgan fingerprint density at radius 1 is 0.394 bits per heavy atom. The first-order valence-corrected chi connectivity index (χ1v) is 15.5. The fraction of sp³-hybridized carbons (Fsp3) is 0.935. The lowest BCUT2D eigenvalue weighted by atomic mass is 10.1. The fourth-order valence-electron chi connectivity index (χ4n) is 5.23. The highest BCUT2D eigenvalue weighted by atomic mass is 15.4. The van der Waals surface area contributed by atoms with Gasteiger partial charge in [-0.3, -0.25) is 0 Å². The highest BCUT2D eigenvalue weighted by Gasteiger charge is 2.20. The minimum absolute atomic E-state index is 0.570. The molecular weight excluding hydrogens is 400 g/mol. The van der Waals surface area contributed by atoms with Crippen molar-refractivity contribution in [2.24, 2.45) is 0 Å². The van der Waals surface area contributed by atoms with E-state index < -0.39 is 0 Å². The Morgan fingerprint density at radius 3 is 0.909 bits per heavy atom. The SMILES string of the molecule is CCCCCCCCCCCCCCN1C=CN(CCCCCCCCCCCCC)C1C. The first kappa shape index (κ1) is 30.4. The van der Waals surface area contributed by atoms with Crippen LogP contribution < -0.4 is 0 Å². The van der Waals surface area contributed by atoms with E-state index in [1.807, 2.05) is 0 Å². The van der Waals surface area contributed by atoms with Crippen molar-refractivity contribution in [1.29, 1.82) is 0 Å². The summed E-state index contributed by atoms with van der Waals surface area (Å²) in [6.07, 6.45) is 38.2. The molecule has 1 heterocycles. The summed E-state index contributed by atoms with van der Waals surface area (Å²) < 4.78 is 0. The van der Waals surface area contributed by atoms with Crippen LogP contribution >= 0.6 is 0 Å². The van der Waals surface area contributed by atoms with Crippen molar-refractivity contribution in [1.82, 2.24) is 9.80 Å². The van der Waals surface area contributed by atoms with Crippen molar-refractivity contribution >= 4 is 0 Å². The van der Waals surface area contributed by atoms with Gasteiger partial charge < -0.3 is 9.80 Å². The Hall–Kier alpha value is -0.660. The number of nitrogens with zero attached hydrogens (tertiary/aromatic N) is 2. The van der Waals surface area contributed by atoms with E-state index in [4.69, 9.17) is 0 Å². The molecule has 0 aromatic heterocycles. The van der Waals surface area contributed by atoms with Gasteiger partial charge in [0, 0.05) is 25.5 Å². The molecule has 1 rings (SSSR count). The van der Waals surface area contributed by atoms with E-state index in [-0.39, 0.29) is 0 Å². The quantitative estimate of drug-likeness (QED) is 0.124. The molecule has 0 aromatic rings. The van der Waals surface area contributed by atoms with Crippen molar-refractivity contribution in [3.05, 3.63) is 12.4 Å². The molecule has 33 heavy (non-hydrogen) atoms. The maximum atomic E-state index is 2.56. The van der Waals surface area contributed by atoms with Crippen LogP contribution in [0.25, 0.3) is 0 Å². The van der Waals surface area contributed by atoms with Gasteiger partial charge in [-0.2, -0.15) is 0 Å². The predicted octanol–water partition coefficient (Wildman–Crippen LogP) is 10.4. The number of hydrogen-bond donors (Lipinski definition) is 0. The van der Waals surface area contributed by atoms with Crippen LogP contribution in [0.3, 0.4) is 0 Å². The van der Waals surface area contributed by atoms with Crippen LogP contribution in [0, 0.1) is 0 Å². The minimum Gasteiger partial charge on any atom is -0.356 e. The maximum Gasteiger partial charge on any atom is 0.0977 e. The van der Waals surface area contributed by atoms with Crippen LogP contribution in [0.5, 0.6) is 0 Å². The van der Waals surface area contributed by atoms with Gasteiger partial charge in [0.25, 0.3) is 0 Å². The van der Waals surface area contributed by atoms with E-state index in [0.29, 0.717) is 6.17 Å². The summed E-state index contributed by atoms with van der Waals surface area (Å²) in [6.45, 7) is 9.47. The highest BCUT2D eigenvalue weighted by molar-refractivity contribution is 4.95.